The normalized spacial score (nSPS) is 21.0. The van der Waals surface area contributed by atoms with Crippen molar-refractivity contribution in [1.82, 2.24) is 9.21 Å². The predicted octanol–water partition coefficient (Wildman–Crippen LogP) is -0.237. The first-order chi connectivity index (χ1) is 7.95. The molecule has 0 aromatic rings. The summed E-state index contributed by atoms with van der Waals surface area (Å²) in [5.74, 6) is -0.945. The summed E-state index contributed by atoms with van der Waals surface area (Å²) in [5, 5.41) is 8.70. The maximum Gasteiger partial charge on any atom is 0.347 e. The third-order valence-electron chi connectivity index (χ3n) is 2.39. The van der Waals surface area contributed by atoms with Gasteiger partial charge in [-0.3, -0.25) is 4.79 Å². The summed E-state index contributed by atoms with van der Waals surface area (Å²) in [5.41, 5.74) is 0.303. The first-order valence-corrected chi connectivity index (χ1v) is 6.35. The molecule has 2 heterocycles. The van der Waals surface area contributed by atoms with Crippen molar-refractivity contribution in [1.29, 1.82) is 0 Å². The van der Waals surface area contributed by atoms with Gasteiger partial charge in [0.1, 0.15) is 6.54 Å². The lowest BCUT2D eigenvalue weighted by molar-refractivity contribution is -0.136. The topological polar surface area (TPSA) is 90.3 Å². The van der Waals surface area contributed by atoms with Gasteiger partial charge in [-0.1, -0.05) is 0 Å². The summed E-state index contributed by atoms with van der Waals surface area (Å²) in [6, 6.07) is 0. The lowest BCUT2D eigenvalue weighted by Gasteiger charge is -2.23. The lowest BCUT2D eigenvalue weighted by Crippen LogP contribution is -2.35. The first-order valence-electron chi connectivity index (χ1n) is 4.95. The van der Waals surface area contributed by atoms with E-state index in [9.17, 15) is 13.2 Å². The van der Waals surface area contributed by atoms with Gasteiger partial charge in [0.15, 0.2) is 5.84 Å². The van der Waals surface area contributed by atoms with E-state index in [0.29, 0.717) is 12.2 Å². The maximum atomic E-state index is 11.7. The van der Waals surface area contributed by atoms with Crippen molar-refractivity contribution in [2.75, 3.05) is 13.1 Å². The van der Waals surface area contributed by atoms with Gasteiger partial charge in [-0.25, -0.2) is 4.31 Å². The van der Waals surface area contributed by atoms with E-state index < -0.39 is 22.7 Å². The number of hydrogen-bond donors (Lipinski definition) is 1. The molecule has 0 spiro atoms. The van der Waals surface area contributed by atoms with Crippen LogP contribution < -0.4 is 0 Å². The van der Waals surface area contributed by atoms with E-state index in [2.05, 4.69) is 4.40 Å². The molecule has 0 fully saturated rings. The average Bonchev–Trinajstić information content (AvgIpc) is 2.49. The van der Waals surface area contributed by atoms with Gasteiger partial charge >= 0.3 is 16.2 Å². The van der Waals surface area contributed by atoms with Crippen molar-refractivity contribution in [2.45, 2.75) is 6.92 Å². The van der Waals surface area contributed by atoms with E-state index >= 15 is 0 Å². The van der Waals surface area contributed by atoms with E-state index in [0.717, 1.165) is 4.31 Å². The van der Waals surface area contributed by atoms with Crippen LogP contribution in [0.25, 0.3) is 0 Å². The summed E-state index contributed by atoms with van der Waals surface area (Å²) in [6.45, 7) is 1.79. The fraction of sp³-hybridized carbons (Fsp3) is 0.333. The van der Waals surface area contributed by atoms with Crippen LogP contribution in [-0.2, 0) is 15.0 Å². The van der Waals surface area contributed by atoms with Crippen LogP contribution in [0.5, 0.6) is 0 Å². The predicted molar refractivity (Wildman–Crippen MR) is 60.3 cm³/mol. The summed E-state index contributed by atoms with van der Waals surface area (Å²) in [7, 11) is -3.92. The molecule has 0 saturated carbocycles. The molecule has 0 aliphatic carbocycles. The van der Waals surface area contributed by atoms with Gasteiger partial charge in [0.25, 0.3) is 0 Å². The van der Waals surface area contributed by atoms with Crippen LogP contribution in [0, 0.1) is 0 Å². The van der Waals surface area contributed by atoms with E-state index in [1.807, 2.05) is 6.92 Å². The molecule has 2 rings (SSSR count). The molecular weight excluding hydrogens is 246 g/mol. The minimum Gasteiger partial charge on any atom is -0.480 e. The molecule has 0 atom stereocenters. The molecule has 7 nitrogen and oxygen atoms in total. The number of allylic oxidation sites excluding steroid dienone is 2. The van der Waals surface area contributed by atoms with Crippen LogP contribution >= 0.6 is 0 Å². The van der Waals surface area contributed by atoms with Crippen molar-refractivity contribution in [3.8, 4) is 0 Å². The van der Waals surface area contributed by atoms with Crippen LogP contribution in [0.1, 0.15) is 6.92 Å². The molecule has 2 aliphatic rings. The van der Waals surface area contributed by atoms with Gasteiger partial charge in [-0.2, -0.15) is 8.42 Å². The van der Waals surface area contributed by atoms with Gasteiger partial charge in [-0.15, -0.1) is 4.40 Å². The molecular formula is C9H11N3O4S. The fourth-order valence-corrected chi connectivity index (χ4v) is 2.83. The summed E-state index contributed by atoms with van der Waals surface area (Å²) in [4.78, 5) is 12.3. The average molecular weight is 257 g/mol. The first kappa shape index (κ1) is 11.6. The summed E-state index contributed by atoms with van der Waals surface area (Å²) >= 11 is 0. The molecule has 8 heteroatoms. The van der Waals surface area contributed by atoms with Gasteiger partial charge in [0.2, 0.25) is 0 Å². The zero-order valence-corrected chi connectivity index (χ0v) is 9.88. The van der Waals surface area contributed by atoms with Crippen LogP contribution in [-0.4, -0.2) is 47.6 Å². The van der Waals surface area contributed by atoms with Gasteiger partial charge in [0, 0.05) is 12.7 Å². The highest BCUT2D eigenvalue weighted by molar-refractivity contribution is 7.88. The number of likely N-dealkylation sites (N-methyl/N-ethyl adjacent to an activating group) is 1. The van der Waals surface area contributed by atoms with Crippen molar-refractivity contribution in [2.24, 2.45) is 4.40 Å². The number of carboxylic acid groups (broad SMARTS) is 1. The number of aliphatic carboxylic acids is 1. The standard InChI is InChI=1S/C9H11N3O4S/c1-2-11-5-3-4-7-9(11)10-17(15,16)12(7)6-8(13)14/h3-5H,2,6H2,1H3,(H,13,14). The molecule has 0 bridgehead atoms. The molecule has 1 N–H and O–H groups in total. The number of carbonyl (C=O) groups is 1. The monoisotopic (exact) mass is 257 g/mol. The number of carboxylic acids is 1. The summed E-state index contributed by atoms with van der Waals surface area (Å²) in [6.07, 6.45) is 4.90. The number of nitrogens with zero attached hydrogens (tertiary/aromatic N) is 3. The second-order valence-corrected chi connectivity index (χ2v) is 4.99. The Morgan fingerprint density at radius 1 is 1.53 bits per heavy atom. The van der Waals surface area contributed by atoms with Gasteiger partial charge in [-0.05, 0) is 19.1 Å². The molecule has 2 aliphatic heterocycles. The zero-order valence-electron chi connectivity index (χ0n) is 9.07. The Balaban J connectivity index is 2.44. The highest BCUT2D eigenvalue weighted by Crippen LogP contribution is 2.26. The highest BCUT2D eigenvalue weighted by Gasteiger charge is 2.38. The van der Waals surface area contributed by atoms with Gasteiger partial charge < -0.3 is 10.0 Å². The van der Waals surface area contributed by atoms with E-state index in [-0.39, 0.29) is 5.84 Å². The third-order valence-corrected chi connectivity index (χ3v) is 3.68. The maximum absolute atomic E-state index is 11.7. The molecule has 0 saturated heterocycles. The van der Waals surface area contributed by atoms with Crippen molar-refractivity contribution < 1.29 is 18.3 Å². The largest absolute Gasteiger partial charge is 0.480 e. The van der Waals surface area contributed by atoms with Crippen LogP contribution in [0.2, 0.25) is 0 Å². The molecule has 92 valence electrons. The summed E-state index contributed by atoms with van der Waals surface area (Å²) < 4.78 is 27.8. The second-order valence-electron chi connectivity index (χ2n) is 3.47. The minimum atomic E-state index is -3.92. The Morgan fingerprint density at radius 3 is 2.82 bits per heavy atom. The van der Waals surface area contributed by atoms with E-state index in [4.69, 9.17) is 5.11 Å². The molecule has 0 radical (unpaired) electrons. The Hall–Kier alpha value is -1.83. The van der Waals surface area contributed by atoms with Crippen molar-refractivity contribution >= 4 is 22.0 Å². The number of fused-ring (bicyclic) bond motifs is 1. The number of hydrogen-bond acceptors (Lipinski definition) is 4. The molecule has 0 aromatic heterocycles. The molecule has 17 heavy (non-hydrogen) atoms. The zero-order chi connectivity index (χ0) is 12.6. The smallest absolute Gasteiger partial charge is 0.347 e. The van der Waals surface area contributed by atoms with Crippen LogP contribution in [0.4, 0.5) is 0 Å². The van der Waals surface area contributed by atoms with Crippen LogP contribution in [0.3, 0.4) is 0 Å². The second kappa shape index (κ2) is 3.88. The van der Waals surface area contributed by atoms with Gasteiger partial charge in [0.05, 0.1) is 5.70 Å². The Bertz CT molecular complexity index is 547. The SMILES string of the molecule is CCN1C=CC=C2C1=NS(=O)(=O)N2CC(=O)O. The van der Waals surface area contributed by atoms with Crippen molar-refractivity contribution in [3.63, 3.8) is 0 Å². The van der Waals surface area contributed by atoms with Crippen molar-refractivity contribution in [3.05, 3.63) is 24.0 Å². The van der Waals surface area contributed by atoms with Crippen LogP contribution in [0.15, 0.2) is 28.4 Å². The highest BCUT2D eigenvalue weighted by atomic mass is 32.2. The quantitative estimate of drug-likeness (QED) is 0.753. The van der Waals surface area contributed by atoms with E-state index in [1.165, 1.54) is 0 Å². The third kappa shape index (κ3) is 1.91. The Kier molecular flexibility index (Phi) is 2.66. The minimum absolute atomic E-state index is 0.274. The number of rotatable bonds is 3. The molecule has 0 aromatic carbocycles. The fourth-order valence-electron chi connectivity index (χ4n) is 1.65. The number of amidine groups is 1. The Labute approximate surface area is 98.5 Å². The Morgan fingerprint density at radius 2 is 2.24 bits per heavy atom. The molecule has 0 amide bonds. The lowest BCUT2D eigenvalue weighted by atomic mass is 10.2. The van der Waals surface area contributed by atoms with E-state index in [1.54, 1.807) is 23.3 Å². The molecule has 0 unspecified atom stereocenters.